The Hall–Kier alpha value is -1.63. The number of fused-ring (bicyclic) bond motifs is 5. The van der Waals surface area contributed by atoms with E-state index >= 15 is 0 Å². The predicted octanol–water partition coefficient (Wildman–Crippen LogP) is 4.89. The van der Waals surface area contributed by atoms with Gasteiger partial charge in [-0.15, -0.1) is 0 Å². The first-order valence-corrected chi connectivity index (χ1v) is 13.8. The Morgan fingerprint density at radius 1 is 0.914 bits per heavy atom. The lowest BCUT2D eigenvalue weighted by molar-refractivity contribution is -0.182. The van der Waals surface area contributed by atoms with Crippen LogP contribution in [-0.2, 0) is 19.1 Å². The van der Waals surface area contributed by atoms with E-state index in [4.69, 9.17) is 14.9 Å². The van der Waals surface area contributed by atoms with Gasteiger partial charge < -0.3 is 20.1 Å². The number of aliphatic hydroxyl groups excluding tert-OH is 1. The summed E-state index contributed by atoms with van der Waals surface area (Å²) in [4.78, 5) is 34.0. The van der Waals surface area contributed by atoms with Crippen LogP contribution < -0.4 is 0 Å². The Kier molecular flexibility index (Phi) is 7.57. The molecule has 35 heavy (non-hydrogen) atoms. The lowest BCUT2D eigenvalue weighted by atomic mass is 9.43. The fourth-order valence-electron chi connectivity index (χ4n) is 9.26. The highest BCUT2D eigenvalue weighted by Crippen LogP contribution is 2.68. The zero-order valence-electron chi connectivity index (χ0n) is 21.6. The van der Waals surface area contributed by atoms with Gasteiger partial charge in [0, 0.05) is 6.42 Å². The topological polar surface area (TPSA) is 121 Å². The van der Waals surface area contributed by atoms with Crippen molar-refractivity contribution in [3.05, 3.63) is 0 Å². The summed E-state index contributed by atoms with van der Waals surface area (Å²) in [5.41, 5.74) is -0.0125. The molecule has 4 saturated carbocycles. The second-order valence-electron chi connectivity index (χ2n) is 12.6. The minimum atomic E-state index is -0.982. The molecular formula is C28H44O7. The number of hydrogen-bond donors (Lipinski definition) is 3. The summed E-state index contributed by atoms with van der Waals surface area (Å²) in [6.07, 6.45) is 8.02. The number of aliphatic carboxylic acids is 2. The van der Waals surface area contributed by atoms with Gasteiger partial charge in [-0.1, -0.05) is 20.8 Å². The van der Waals surface area contributed by atoms with Gasteiger partial charge in [-0.3, -0.25) is 14.4 Å². The van der Waals surface area contributed by atoms with Gasteiger partial charge in [-0.25, -0.2) is 0 Å². The van der Waals surface area contributed by atoms with Crippen molar-refractivity contribution < 1.29 is 34.4 Å². The van der Waals surface area contributed by atoms with Gasteiger partial charge in [0.1, 0.15) is 6.10 Å². The Bertz CT molecular complexity index is 826. The monoisotopic (exact) mass is 492 g/mol. The van der Waals surface area contributed by atoms with Crippen molar-refractivity contribution in [1.29, 1.82) is 0 Å². The fraction of sp³-hybridized carbons (Fsp3) is 0.893. The first kappa shape index (κ1) is 26.4. The van der Waals surface area contributed by atoms with Crippen molar-refractivity contribution in [2.75, 3.05) is 0 Å². The van der Waals surface area contributed by atoms with E-state index in [0.29, 0.717) is 41.9 Å². The Labute approximate surface area is 209 Å². The number of aliphatic hydroxyl groups is 1. The molecule has 0 amide bonds. The second kappa shape index (κ2) is 10.0. The molecule has 0 bridgehead atoms. The number of rotatable bonds is 8. The molecule has 7 heteroatoms. The Balaban J connectivity index is 1.43. The van der Waals surface area contributed by atoms with E-state index in [0.717, 1.165) is 51.4 Å². The zero-order valence-corrected chi connectivity index (χ0v) is 21.6. The van der Waals surface area contributed by atoms with Crippen molar-refractivity contribution in [1.82, 2.24) is 0 Å². The van der Waals surface area contributed by atoms with E-state index in [9.17, 15) is 19.5 Å². The van der Waals surface area contributed by atoms with Gasteiger partial charge in [-0.2, -0.15) is 0 Å². The summed E-state index contributed by atoms with van der Waals surface area (Å²) in [6, 6.07) is 0. The van der Waals surface area contributed by atoms with E-state index in [-0.39, 0.29) is 42.3 Å². The van der Waals surface area contributed by atoms with Gasteiger partial charge in [0.15, 0.2) is 0 Å². The van der Waals surface area contributed by atoms with Gasteiger partial charge in [0.25, 0.3) is 0 Å². The van der Waals surface area contributed by atoms with Crippen LogP contribution in [0.5, 0.6) is 0 Å². The molecule has 0 aromatic carbocycles. The molecule has 0 saturated heterocycles. The van der Waals surface area contributed by atoms with Crippen LogP contribution in [0.4, 0.5) is 0 Å². The first-order chi connectivity index (χ1) is 16.5. The van der Waals surface area contributed by atoms with Crippen molar-refractivity contribution in [2.24, 2.45) is 46.3 Å². The van der Waals surface area contributed by atoms with E-state index in [1.165, 1.54) is 0 Å². The standard InChI is InChI=1S/C28H44O7/c1-16(4-9-24(30)31)20-7-8-21-19-6-5-17-14-18(35-26(34)11-10-25(32)33)12-13-27(17,2)22(19)15-23(29)28(20,21)3/h16-23,29H,4-15H2,1-3H3,(H,30,31)(H,32,33)/t16-,17-,18-,19+,20+,21-,22-,23-,27+,28-/m1/s1. The number of carboxylic acid groups (broad SMARTS) is 2. The molecule has 4 rings (SSSR count). The quantitative estimate of drug-likeness (QED) is 0.412. The van der Waals surface area contributed by atoms with Crippen LogP contribution in [0, 0.1) is 46.3 Å². The molecule has 0 aromatic rings. The van der Waals surface area contributed by atoms with E-state index in [1.54, 1.807) is 0 Å². The fourth-order valence-corrected chi connectivity index (χ4v) is 9.26. The number of esters is 1. The molecule has 0 radical (unpaired) electrons. The van der Waals surface area contributed by atoms with Crippen molar-refractivity contribution in [2.45, 2.75) is 110 Å². The van der Waals surface area contributed by atoms with Crippen molar-refractivity contribution in [3.63, 3.8) is 0 Å². The maximum atomic E-state index is 12.1. The molecule has 198 valence electrons. The average Bonchev–Trinajstić information content (AvgIpc) is 3.16. The molecule has 4 aliphatic carbocycles. The summed E-state index contributed by atoms with van der Waals surface area (Å²) in [7, 11) is 0. The number of carbonyl (C=O) groups excluding carboxylic acids is 1. The number of ether oxygens (including phenoxy) is 1. The summed E-state index contributed by atoms with van der Waals surface area (Å²) in [6.45, 7) is 6.86. The predicted molar refractivity (Wildman–Crippen MR) is 129 cm³/mol. The molecule has 10 atom stereocenters. The zero-order chi connectivity index (χ0) is 25.5. The van der Waals surface area contributed by atoms with Gasteiger partial charge in [0.05, 0.1) is 18.9 Å². The largest absolute Gasteiger partial charge is 0.481 e. The molecule has 4 aliphatic rings. The molecule has 3 N–H and O–H groups in total. The first-order valence-electron chi connectivity index (χ1n) is 13.8. The van der Waals surface area contributed by atoms with Crippen molar-refractivity contribution >= 4 is 17.9 Å². The SMILES string of the molecule is C[C@H](CCC(=O)O)[C@@H]1CC[C@@H]2[C@@H]3CC[C@@H]4C[C@H](OC(=O)CCC(=O)O)CC[C@]4(C)[C@@H]3C[C@@H](O)[C@@]21C. The highest BCUT2D eigenvalue weighted by atomic mass is 16.5. The lowest BCUT2D eigenvalue weighted by Crippen LogP contribution is -2.59. The minimum absolute atomic E-state index is 0.0724. The Morgan fingerprint density at radius 2 is 1.63 bits per heavy atom. The smallest absolute Gasteiger partial charge is 0.306 e. The maximum Gasteiger partial charge on any atom is 0.306 e. The molecule has 0 heterocycles. The van der Waals surface area contributed by atoms with Crippen LogP contribution in [0.25, 0.3) is 0 Å². The number of hydrogen-bond acceptors (Lipinski definition) is 5. The third kappa shape index (κ3) is 4.86. The lowest BCUT2D eigenvalue weighted by Gasteiger charge is -2.62. The van der Waals surface area contributed by atoms with Gasteiger partial charge in [0.2, 0.25) is 0 Å². The number of carboxylic acids is 2. The van der Waals surface area contributed by atoms with E-state index < -0.39 is 17.9 Å². The molecule has 0 aliphatic heterocycles. The normalized spacial score (nSPS) is 43.4. The Morgan fingerprint density at radius 3 is 2.31 bits per heavy atom. The van der Waals surface area contributed by atoms with Crippen LogP contribution in [0.2, 0.25) is 0 Å². The average molecular weight is 493 g/mol. The third-order valence-corrected chi connectivity index (χ3v) is 11.1. The molecule has 0 spiro atoms. The summed E-state index contributed by atoms with van der Waals surface area (Å²) in [5.74, 6) is 0.533. The molecule has 4 fully saturated rings. The van der Waals surface area contributed by atoms with Crippen LogP contribution in [0.15, 0.2) is 0 Å². The third-order valence-electron chi connectivity index (χ3n) is 11.1. The summed E-state index contributed by atoms with van der Waals surface area (Å²) < 4.78 is 5.67. The molecular weight excluding hydrogens is 448 g/mol. The van der Waals surface area contributed by atoms with Crippen LogP contribution in [-0.4, -0.2) is 45.4 Å². The van der Waals surface area contributed by atoms with Crippen LogP contribution in [0.3, 0.4) is 0 Å². The second-order valence-corrected chi connectivity index (χ2v) is 12.6. The number of carbonyl (C=O) groups is 3. The maximum absolute atomic E-state index is 12.1. The van der Waals surface area contributed by atoms with E-state index in [1.807, 2.05) is 0 Å². The van der Waals surface area contributed by atoms with Crippen LogP contribution in [0.1, 0.15) is 97.8 Å². The van der Waals surface area contributed by atoms with Crippen molar-refractivity contribution in [3.8, 4) is 0 Å². The highest BCUT2D eigenvalue weighted by Gasteiger charge is 2.63. The summed E-state index contributed by atoms with van der Waals surface area (Å²) >= 11 is 0. The molecule has 7 nitrogen and oxygen atoms in total. The van der Waals surface area contributed by atoms with Crippen LogP contribution >= 0.6 is 0 Å². The minimum Gasteiger partial charge on any atom is -0.481 e. The molecule has 0 aromatic heterocycles. The van der Waals surface area contributed by atoms with Gasteiger partial charge >= 0.3 is 17.9 Å². The van der Waals surface area contributed by atoms with Gasteiger partial charge in [-0.05, 0) is 104 Å². The molecule has 0 unspecified atom stereocenters. The summed E-state index contributed by atoms with van der Waals surface area (Å²) in [5, 5.41) is 29.6. The van der Waals surface area contributed by atoms with E-state index in [2.05, 4.69) is 20.8 Å². The highest BCUT2D eigenvalue weighted by molar-refractivity contribution is 5.76.